The summed E-state index contributed by atoms with van der Waals surface area (Å²) in [5.41, 5.74) is 1.16. The van der Waals surface area contributed by atoms with Crippen molar-refractivity contribution >= 4 is 17.6 Å². The van der Waals surface area contributed by atoms with Crippen molar-refractivity contribution in [3.8, 4) is 0 Å². The van der Waals surface area contributed by atoms with E-state index in [1.807, 2.05) is 6.07 Å². The highest BCUT2D eigenvalue weighted by molar-refractivity contribution is 5.96. The third-order valence-corrected chi connectivity index (χ3v) is 4.61. The van der Waals surface area contributed by atoms with Gasteiger partial charge in [-0.2, -0.15) is 0 Å². The Bertz CT molecular complexity index is 561. The van der Waals surface area contributed by atoms with Gasteiger partial charge in [0.05, 0.1) is 5.92 Å². The van der Waals surface area contributed by atoms with Crippen molar-refractivity contribution < 1.29 is 14.7 Å². The van der Waals surface area contributed by atoms with Gasteiger partial charge in [-0.15, -0.1) is 0 Å². The molecule has 1 fully saturated rings. The van der Waals surface area contributed by atoms with Crippen LogP contribution in [0.3, 0.4) is 0 Å². The third kappa shape index (κ3) is 3.49. The minimum atomic E-state index is -0.862. The molecule has 0 radical (unpaired) electrons. The molecule has 2 N–H and O–H groups in total. The molecule has 4 heteroatoms. The van der Waals surface area contributed by atoms with Gasteiger partial charge < -0.3 is 10.4 Å². The van der Waals surface area contributed by atoms with Crippen LogP contribution < -0.4 is 5.32 Å². The highest BCUT2D eigenvalue weighted by atomic mass is 16.4. The zero-order valence-corrected chi connectivity index (χ0v) is 13.6. The van der Waals surface area contributed by atoms with Crippen LogP contribution in [0.4, 0.5) is 5.69 Å². The maximum absolute atomic E-state index is 12.6. The average Bonchev–Trinajstić information content (AvgIpc) is 2.41. The number of rotatable bonds is 6. The molecule has 1 amide bonds. The van der Waals surface area contributed by atoms with Gasteiger partial charge in [0.2, 0.25) is 5.91 Å². The fourth-order valence-electron chi connectivity index (χ4n) is 3.20. The Balaban J connectivity index is 2.11. The normalized spacial score (nSPS) is 17.6. The maximum atomic E-state index is 12.6. The van der Waals surface area contributed by atoms with Crippen LogP contribution in [0.2, 0.25) is 0 Å². The van der Waals surface area contributed by atoms with Crippen LogP contribution >= 0.6 is 0 Å². The van der Waals surface area contributed by atoms with Crippen molar-refractivity contribution in [3.63, 3.8) is 0 Å². The van der Waals surface area contributed by atoms with Crippen LogP contribution in [-0.4, -0.2) is 17.0 Å². The molecular formula is C18H25NO3. The summed E-state index contributed by atoms with van der Waals surface area (Å²) in [5, 5.41) is 12.1. The lowest BCUT2D eigenvalue weighted by molar-refractivity contribution is -0.138. The summed E-state index contributed by atoms with van der Waals surface area (Å²) >= 11 is 0. The van der Waals surface area contributed by atoms with E-state index in [2.05, 4.69) is 19.2 Å². The van der Waals surface area contributed by atoms with Crippen molar-refractivity contribution in [2.24, 2.45) is 11.3 Å². The van der Waals surface area contributed by atoms with E-state index in [0.717, 1.165) is 25.7 Å². The first kappa shape index (κ1) is 16.5. The Morgan fingerprint density at radius 1 is 1.27 bits per heavy atom. The number of carboxylic acid groups (broad SMARTS) is 1. The molecule has 22 heavy (non-hydrogen) atoms. The lowest BCUT2D eigenvalue weighted by Crippen LogP contribution is -2.43. The first-order valence-electron chi connectivity index (χ1n) is 7.98. The van der Waals surface area contributed by atoms with E-state index in [0.29, 0.717) is 17.2 Å². The van der Waals surface area contributed by atoms with E-state index in [4.69, 9.17) is 5.11 Å². The quantitative estimate of drug-likeness (QED) is 0.833. The van der Waals surface area contributed by atoms with Crippen molar-refractivity contribution in [1.29, 1.82) is 0 Å². The summed E-state index contributed by atoms with van der Waals surface area (Å²) in [6, 6.07) is 7.15. The molecule has 1 aromatic carbocycles. The first-order chi connectivity index (χ1) is 10.3. The van der Waals surface area contributed by atoms with Gasteiger partial charge >= 0.3 is 5.97 Å². The van der Waals surface area contributed by atoms with Gasteiger partial charge in [-0.25, -0.2) is 0 Å². The van der Waals surface area contributed by atoms with Gasteiger partial charge in [-0.3, -0.25) is 9.59 Å². The molecule has 4 nitrogen and oxygen atoms in total. The van der Waals surface area contributed by atoms with Crippen LogP contribution in [0, 0.1) is 11.3 Å². The van der Waals surface area contributed by atoms with E-state index >= 15 is 0 Å². The molecule has 0 saturated heterocycles. The van der Waals surface area contributed by atoms with Crippen LogP contribution in [0.25, 0.3) is 0 Å². The fraction of sp³-hybridized carbons (Fsp3) is 0.556. The number of benzene rings is 1. The van der Waals surface area contributed by atoms with Gasteiger partial charge in [0, 0.05) is 11.1 Å². The molecule has 0 spiro atoms. The second-order valence-electron chi connectivity index (χ2n) is 6.87. The molecular weight excluding hydrogens is 278 g/mol. The molecule has 120 valence electrons. The van der Waals surface area contributed by atoms with E-state index in [1.165, 1.54) is 0 Å². The lowest BCUT2D eigenvalue weighted by atomic mass is 9.64. The third-order valence-electron chi connectivity index (χ3n) is 4.61. The second-order valence-corrected chi connectivity index (χ2v) is 6.87. The molecule has 0 aliphatic heterocycles. The topological polar surface area (TPSA) is 66.4 Å². The molecule has 1 unspecified atom stereocenters. The number of anilines is 1. The van der Waals surface area contributed by atoms with Crippen LogP contribution in [0.5, 0.6) is 0 Å². The predicted octanol–water partition coefficient (Wildman–Crippen LogP) is 4.03. The molecule has 2 rings (SSSR count). The molecule has 1 saturated carbocycles. The molecule has 0 heterocycles. The molecule has 0 aromatic heterocycles. The molecule has 1 atom stereocenters. The van der Waals surface area contributed by atoms with Crippen molar-refractivity contribution in [3.05, 3.63) is 29.8 Å². The Kier molecular flexibility index (Phi) is 4.89. The van der Waals surface area contributed by atoms with Crippen LogP contribution in [0.15, 0.2) is 24.3 Å². The second kappa shape index (κ2) is 6.51. The van der Waals surface area contributed by atoms with E-state index in [9.17, 15) is 9.59 Å². The number of carbonyl (C=O) groups is 2. The summed E-state index contributed by atoms with van der Waals surface area (Å²) < 4.78 is 0. The van der Waals surface area contributed by atoms with Gasteiger partial charge in [-0.05, 0) is 49.8 Å². The number of carbonyl (C=O) groups excluding carboxylic acids is 1. The SMILES string of the molecule is CC(C)CC1(C(=O)Nc2cccc(C(C)C(=O)O)c2)CCC1. The number of carboxylic acids is 1. The predicted molar refractivity (Wildman–Crippen MR) is 86.9 cm³/mol. The van der Waals surface area contributed by atoms with Gasteiger partial charge in [0.25, 0.3) is 0 Å². The Morgan fingerprint density at radius 2 is 1.95 bits per heavy atom. The highest BCUT2D eigenvalue weighted by Crippen LogP contribution is 2.46. The van der Waals surface area contributed by atoms with Gasteiger partial charge in [0.15, 0.2) is 0 Å². The van der Waals surface area contributed by atoms with Gasteiger partial charge in [-0.1, -0.05) is 32.4 Å². The zero-order valence-electron chi connectivity index (χ0n) is 13.6. The standard InChI is InChI=1S/C18H25NO3/c1-12(2)11-18(8-5-9-18)17(22)19-15-7-4-6-14(10-15)13(3)16(20)21/h4,6-7,10,12-13H,5,8-9,11H2,1-3H3,(H,19,22)(H,20,21). The van der Waals surface area contributed by atoms with Crippen LogP contribution in [0.1, 0.15) is 57.9 Å². The largest absolute Gasteiger partial charge is 0.481 e. The fourth-order valence-corrected chi connectivity index (χ4v) is 3.20. The minimum Gasteiger partial charge on any atom is -0.481 e. The van der Waals surface area contributed by atoms with Gasteiger partial charge in [0.1, 0.15) is 0 Å². The summed E-state index contributed by atoms with van der Waals surface area (Å²) in [6.07, 6.45) is 3.91. The monoisotopic (exact) mass is 303 g/mol. The summed E-state index contributed by atoms with van der Waals surface area (Å²) in [4.78, 5) is 23.7. The molecule has 1 aliphatic rings. The Labute approximate surface area is 131 Å². The van der Waals surface area contributed by atoms with Crippen LogP contribution in [-0.2, 0) is 9.59 Å². The number of nitrogens with one attached hydrogen (secondary N) is 1. The average molecular weight is 303 g/mol. The lowest BCUT2D eigenvalue weighted by Gasteiger charge is -2.41. The minimum absolute atomic E-state index is 0.0765. The number of hydrogen-bond acceptors (Lipinski definition) is 2. The highest BCUT2D eigenvalue weighted by Gasteiger charge is 2.44. The van der Waals surface area contributed by atoms with E-state index in [1.54, 1.807) is 25.1 Å². The maximum Gasteiger partial charge on any atom is 0.310 e. The molecule has 1 aromatic rings. The zero-order chi connectivity index (χ0) is 16.3. The summed E-state index contributed by atoms with van der Waals surface area (Å²) in [7, 11) is 0. The smallest absolute Gasteiger partial charge is 0.310 e. The van der Waals surface area contributed by atoms with Crippen molar-refractivity contribution in [2.45, 2.75) is 52.4 Å². The Morgan fingerprint density at radius 3 is 2.45 bits per heavy atom. The Hall–Kier alpha value is -1.84. The molecule has 1 aliphatic carbocycles. The van der Waals surface area contributed by atoms with E-state index < -0.39 is 11.9 Å². The summed E-state index contributed by atoms with van der Waals surface area (Å²) in [6.45, 7) is 5.93. The van der Waals surface area contributed by atoms with Crippen molar-refractivity contribution in [1.82, 2.24) is 0 Å². The number of aliphatic carboxylic acids is 1. The van der Waals surface area contributed by atoms with Crippen molar-refractivity contribution in [2.75, 3.05) is 5.32 Å². The summed E-state index contributed by atoms with van der Waals surface area (Å²) in [5.74, 6) is -0.874. The first-order valence-corrected chi connectivity index (χ1v) is 7.98. The number of hydrogen-bond donors (Lipinski definition) is 2. The molecule has 0 bridgehead atoms. The number of amides is 1. The van der Waals surface area contributed by atoms with E-state index in [-0.39, 0.29) is 11.3 Å².